The van der Waals surface area contributed by atoms with Crippen LogP contribution in [0.5, 0.6) is 0 Å². The van der Waals surface area contributed by atoms with Crippen LogP contribution in [0.4, 0.5) is 0 Å². The minimum absolute atomic E-state index is 0.0577. The van der Waals surface area contributed by atoms with E-state index >= 15 is 0 Å². The first-order chi connectivity index (χ1) is 7.04. The minimum Gasteiger partial charge on any atom is -0.350 e. The van der Waals surface area contributed by atoms with Crippen molar-refractivity contribution in [1.29, 1.82) is 0 Å². The molecule has 0 aliphatic carbocycles. The fraction of sp³-hybridized carbons (Fsp3) is 0.375. The summed E-state index contributed by atoms with van der Waals surface area (Å²) in [7, 11) is -1.65. The molecule has 0 fully saturated rings. The first kappa shape index (κ1) is 12.3. The molecule has 1 heterocycles. The summed E-state index contributed by atoms with van der Waals surface area (Å²) in [4.78, 5) is 13.1. The van der Waals surface area contributed by atoms with E-state index in [0.29, 0.717) is 9.77 Å². The van der Waals surface area contributed by atoms with E-state index in [4.69, 9.17) is 5.21 Å². The molecule has 84 valence electrons. The average molecular weight is 248 g/mol. The third-order valence-electron chi connectivity index (χ3n) is 1.52. The fourth-order valence-electron chi connectivity index (χ4n) is 0.923. The number of thiophene rings is 1. The Morgan fingerprint density at radius 2 is 2.27 bits per heavy atom. The lowest BCUT2D eigenvalue weighted by molar-refractivity contribution is 0.0943. The normalized spacial score (nSPS) is 12.8. The van der Waals surface area contributed by atoms with Gasteiger partial charge in [-0.1, -0.05) is 0 Å². The van der Waals surface area contributed by atoms with Gasteiger partial charge in [-0.3, -0.25) is 4.79 Å². The topological polar surface area (TPSA) is 78.4 Å². The summed E-state index contributed by atoms with van der Waals surface area (Å²) >= 11 is 1.15. The maximum atomic E-state index is 11.5. The van der Waals surface area contributed by atoms with Crippen LogP contribution in [-0.2, 0) is 11.0 Å². The summed E-state index contributed by atoms with van der Waals surface area (Å²) in [6.45, 7) is 3.72. The number of rotatable bonds is 4. The molecule has 15 heavy (non-hydrogen) atoms. The maximum Gasteiger partial charge on any atom is 0.252 e. The first-order valence-corrected chi connectivity index (χ1v) is 6.28. The third kappa shape index (κ3) is 3.38. The summed E-state index contributed by atoms with van der Waals surface area (Å²) in [5, 5.41) is 12.8. The van der Waals surface area contributed by atoms with E-state index in [-0.39, 0.29) is 11.9 Å². The van der Waals surface area contributed by atoms with E-state index in [0.717, 1.165) is 11.3 Å². The Morgan fingerprint density at radius 1 is 1.60 bits per heavy atom. The predicted molar refractivity (Wildman–Crippen MR) is 58.3 cm³/mol. The number of hydrogen-bond donors (Lipinski definition) is 3. The minimum atomic E-state index is -1.65. The van der Waals surface area contributed by atoms with E-state index in [1.807, 2.05) is 13.8 Å². The molecule has 1 atom stereocenters. The van der Waals surface area contributed by atoms with Crippen LogP contribution in [0.3, 0.4) is 0 Å². The van der Waals surface area contributed by atoms with E-state index in [1.165, 1.54) is 6.07 Å². The van der Waals surface area contributed by atoms with Crippen LogP contribution in [0.1, 0.15) is 24.2 Å². The van der Waals surface area contributed by atoms with Crippen molar-refractivity contribution in [2.45, 2.75) is 24.1 Å². The van der Waals surface area contributed by atoms with E-state index < -0.39 is 11.0 Å². The lowest BCUT2D eigenvalue weighted by Crippen LogP contribution is -2.29. The zero-order valence-corrected chi connectivity index (χ0v) is 9.95. The number of nitrogens with one attached hydrogen (secondary N) is 2. The van der Waals surface area contributed by atoms with Crippen molar-refractivity contribution in [3.05, 3.63) is 17.0 Å². The highest BCUT2D eigenvalue weighted by Crippen LogP contribution is 2.17. The van der Waals surface area contributed by atoms with Gasteiger partial charge in [0.15, 0.2) is 11.0 Å². The molecule has 1 rings (SSSR count). The van der Waals surface area contributed by atoms with Crippen LogP contribution >= 0.6 is 11.3 Å². The molecule has 3 N–H and O–H groups in total. The van der Waals surface area contributed by atoms with Gasteiger partial charge < -0.3 is 10.5 Å². The van der Waals surface area contributed by atoms with Gasteiger partial charge in [-0.15, -0.1) is 16.2 Å². The van der Waals surface area contributed by atoms with E-state index in [1.54, 1.807) is 10.3 Å². The van der Waals surface area contributed by atoms with Crippen molar-refractivity contribution < 1.29 is 14.2 Å². The molecule has 0 saturated carbocycles. The summed E-state index contributed by atoms with van der Waals surface area (Å²) < 4.78 is 11.5. The molecule has 0 aliphatic rings. The largest absolute Gasteiger partial charge is 0.350 e. The van der Waals surface area contributed by atoms with Crippen molar-refractivity contribution in [3.63, 3.8) is 0 Å². The van der Waals surface area contributed by atoms with Gasteiger partial charge in [0.25, 0.3) is 5.91 Å². The quantitative estimate of drug-likeness (QED) is 0.692. The van der Waals surface area contributed by atoms with Gasteiger partial charge >= 0.3 is 0 Å². The molecular formula is C8H12N2O3S2. The summed E-state index contributed by atoms with van der Waals surface area (Å²) in [5.74, 6) is -0.206. The molecule has 7 heteroatoms. The number of carbonyl (C=O) groups is 1. The molecule has 0 radical (unpaired) electrons. The Morgan fingerprint density at radius 3 is 2.80 bits per heavy atom. The zero-order chi connectivity index (χ0) is 11.4. The predicted octanol–water partition coefficient (Wildman–Crippen LogP) is 0.888. The molecule has 0 saturated heterocycles. The van der Waals surface area contributed by atoms with Crippen LogP contribution in [0.15, 0.2) is 15.7 Å². The van der Waals surface area contributed by atoms with E-state index in [2.05, 4.69) is 5.32 Å². The van der Waals surface area contributed by atoms with Crippen molar-refractivity contribution >= 4 is 28.2 Å². The molecule has 5 nitrogen and oxygen atoms in total. The van der Waals surface area contributed by atoms with Crippen molar-refractivity contribution in [1.82, 2.24) is 10.2 Å². The highest BCUT2D eigenvalue weighted by atomic mass is 32.2. The van der Waals surface area contributed by atoms with Crippen LogP contribution in [-0.4, -0.2) is 21.4 Å². The Hall–Kier alpha value is -0.760. The molecule has 1 aromatic heterocycles. The lowest BCUT2D eigenvalue weighted by Gasteiger charge is -2.05. The van der Waals surface area contributed by atoms with Crippen molar-refractivity contribution in [3.8, 4) is 0 Å². The van der Waals surface area contributed by atoms with Gasteiger partial charge in [0.2, 0.25) is 0 Å². The molecule has 1 amide bonds. The molecule has 0 bridgehead atoms. The van der Waals surface area contributed by atoms with Crippen LogP contribution < -0.4 is 10.2 Å². The van der Waals surface area contributed by atoms with Crippen LogP contribution in [0.25, 0.3) is 0 Å². The molecule has 0 aromatic carbocycles. The smallest absolute Gasteiger partial charge is 0.252 e. The summed E-state index contributed by atoms with van der Waals surface area (Å²) in [6.07, 6.45) is 0. The molecule has 1 unspecified atom stereocenters. The van der Waals surface area contributed by atoms with Gasteiger partial charge in [0.05, 0.1) is 5.56 Å². The van der Waals surface area contributed by atoms with Gasteiger partial charge in [0, 0.05) is 11.4 Å². The second-order valence-electron chi connectivity index (χ2n) is 3.14. The molecule has 0 spiro atoms. The van der Waals surface area contributed by atoms with Gasteiger partial charge in [0.1, 0.15) is 4.21 Å². The van der Waals surface area contributed by atoms with Gasteiger partial charge in [-0.2, -0.15) is 0 Å². The fourth-order valence-corrected chi connectivity index (χ4v) is 2.47. The number of carbonyl (C=O) groups excluding carboxylic acids is 1. The lowest BCUT2D eigenvalue weighted by atomic mass is 10.3. The zero-order valence-electron chi connectivity index (χ0n) is 8.31. The SMILES string of the molecule is CC(C)NC(=O)c1csc(S(=O)NO)c1. The number of hydrogen-bond acceptors (Lipinski definition) is 4. The first-order valence-electron chi connectivity index (χ1n) is 4.25. The van der Waals surface area contributed by atoms with Crippen LogP contribution in [0, 0.1) is 0 Å². The second kappa shape index (κ2) is 5.36. The Balaban J connectivity index is 2.75. The highest BCUT2D eigenvalue weighted by Gasteiger charge is 2.12. The maximum absolute atomic E-state index is 11.5. The third-order valence-corrected chi connectivity index (χ3v) is 3.64. The van der Waals surface area contributed by atoms with Crippen molar-refractivity contribution in [2.75, 3.05) is 0 Å². The monoisotopic (exact) mass is 248 g/mol. The Bertz CT molecular complexity index is 376. The second-order valence-corrected chi connectivity index (χ2v) is 5.47. The average Bonchev–Trinajstić information content (AvgIpc) is 2.64. The molecular weight excluding hydrogens is 236 g/mol. The number of amides is 1. The molecule has 1 aromatic rings. The Labute approximate surface area is 94.1 Å². The summed E-state index contributed by atoms with van der Waals surface area (Å²) in [6, 6.07) is 1.55. The standard InChI is InChI=1S/C8H12N2O3S2/c1-5(2)9-8(11)6-3-7(14-4-6)15(13)10-12/h3-5,10,12H,1-2H3,(H,9,11). The highest BCUT2D eigenvalue weighted by molar-refractivity contribution is 7.85. The summed E-state index contributed by atoms with van der Waals surface area (Å²) in [5.41, 5.74) is 0.451. The van der Waals surface area contributed by atoms with E-state index in [9.17, 15) is 9.00 Å². The molecule has 0 aliphatic heterocycles. The van der Waals surface area contributed by atoms with Crippen LogP contribution in [0.2, 0.25) is 0 Å². The van der Waals surface area contributed by atoms with Gasteiger partial charge in [-0.25, -0.2) is 4.21 Å². The van der Waals surface area contributed by atoms with Gasteiger partial charge in [-0.05, 0) is 19.9 Å². The Kier molecular flexibility index (Phi) is 4.40. The van der Waals surface area contributed by atoms with Crippen molar-refractivity contribution in [2.24, 2.45) is 0 Å².